The highest BCUT2D eigenvalue weighted by molar-refractivity contribution is 7.89. The fourth-order valence-electron chi connectivity index (χ4n) is 2.42. The Balaban J connectivity index is 2.30. The Morgan fingerprint density at radius 2 is 2.22 bits per heavy atom. The van der Waals surface area contributed by atoms with Gasteiger partial charge in [0.25, 0.3) is 0 Å². The van der Waals surface area contributed by atoms with Crippen LogP contribution < -0.4 is 0 Å². The Labute approximate surface area is 113 Å². The van der Waals surface area contributed by atoms with Crippen molar-refractivity contribution in [3.05, 3.63) is 18.0 Å². The minimum atomic E-state index is -3.39. The molecule has 1 aromatic heterocycles. The van der Waals surface area contributed by atoms with Crippen molar-refractivity contribution in [1.82, 2.24) is 9.29 Å². The number of piperidine rings is 1. The molecule has 0 amide bonds. The Bertz CT molecular complexity index is 512. The maximum absolute atomic E-state index is 12.5. The van der Waals surface area contributed by atoms with Gasteiger partial charge in [-0.25, -0.2) is 8.42 Å². The van der Waals surface area contributed by atoms with Crippen molar-refractivity contribution in [3.8, 4) is 0 Å². The summed E-state index contributed by atoms with van der Waals surface area (Å²) in [5.74, 6) is 0.696. The summed E-state index contributed by atoms with van der Waals surface area (Å²) in [6, 6.07) is 1.67. The van der Waals surface area contributed by atoms with E-state index in [0.29, 0.717) is 23.2 Å². The lowest BCUT2D eigenvalue weighted by molar-refractivity contribution is 0.202. The highest BCUT2D eigenvalue weighted by Gasteiger charge is 2.34. The molecular weight excluding hydrogens is 272 g/mol. The SMILES string of the molecule is CC1CCCN(S(=O)(=O)c2c[nH]c(CCl)c2)C1C. The smallest absolute Gasteiger partial charge is 0.244 e. The molecule has 1 N–H and O–H groups in total. The third kappa shape index (κ3) is 2.44. The van der Waals surface area contributed by atoms with Gasteiger partial charge in [0, 0.05) is 24.5 Å². The molecule has 1 aliphatic heterocycles. The van der Waals surface area contributed by atoms with Gasteiger partial charge >= 0.3 is 0 Å². The summed E-state index contributed by atoms with van der Waals surface area (Å²) in [5, 5.41) is 0. The molecule has 2 rings (SSSR count). The van der Waals surface area contributed by atoms with Crippen LogP contribution in [0, 0.1) is 5.92 Å². The second kappa shape index (κ2) is 5.23. The van der Waals surface area contributed by atoms with Crippen molar-refractivity contribution < 1.29 is 8.42 Å². The number of hydrogen-bond donors (Lipinski definition) is 1. The van der Waals surface area contributed by atoms with E-state index < -0.39 is 10.0 Å². The van der Waals surface area contributed by atoms with Gasteiger partial charge in [0.15, 0.2) is 0 Å². The summed E-state index contributed by atoms with van der Waals surface area (Å²) in [6.45, 7) is 4.69. The molecule has 0 radical (unpaired) electrons. The van der Waals surface area contributed by atoms with Gasteiger partial charge in [-0.1, -0.05) is 6.92 Å². The molecule has 0 saturated carbocycles. The topological polar surface area (TPSA) is 53.2 Å². The normalized spacial score (nSPS) is 26.4. The van der Waals surface area contributed by atoms with E-state index >= 15 is 0 Å². The number of hydrogen-bond acceptors (Lipinski definition) is 2. The monoisotopic (exact) mass is 290 g/mol. The zero-order chi connectivity index (χ0) is 13.3. The van der Waals surface area contributed by atoms with Crippen LogP contribution in [0.3, 0.4) is 0 Å². The summed E-state index contributed by atoms with van der Waals surface area (Å²) >= 11 is 5.69. The lowest BCUT2D eigenvalue weighted by Gasteiger charge is -2.36. The minimum Gasteiger partial charge on any atom is -0.363 e. The zero-order valence-electron chi connectivity index (χ0n) is 10.7. The number of nitrogens with one attached hydrogen (secondary N) is 1. The van der Waals surface area contributed by atoms with Gasteiger partial charge in [0.1, 0.15) is 0 Å². The van der Waals surface area contributed by atoms with Crippen LogP contribution in [-0.2, 0) is 15.9 Å². The van der Waals surface area contributed by atoms with E-state index in [9.17, 15) is 8.42 Å². The molecule has 0 bridgehead atoms. The van der Waals surface area contributed by atoms with E-state index in [1.807, 2.05) is 6.92 Å². The Morgan fingerprint density at radius 1 is 1.50 bits per heavy atom. The number of sulfonamides is 1. The van der Waals surface area contributed by atoms with Crippen LogP contribution in [-0.4, -0.2) is 30.3 Å². The molecule has 18 heavy (non-hydrogen) atoms. The molecule has 2 heterocycles. The van der Waals surface area contributed by atoms with Crippen LogP contribution in [0.1, 0.15) is 32.4 Å². The maximum atomic E-state index is 12.5. The van der Waals surface area contributed by atoms with E-state index in [2.05, 4.69) is 11.9 Å². The van der Waals surface area contributed by atoms with Gasteiger partial charge in [-0.05, 0) is 31.7 Å². The summed E-state index contributed by atoms with van der Waals surface area (Å²) in [6.07, 6.45) is 3.55. The predicted octanol–water partition coefficient (Wildman–Crippen LogP) is 2.56. The van der Waals surface area contributed by atoms with Crippen molar-refractivity contribution >= 4 is 21.6 Å². The molecule has 102 valence electrons. The van der Waals surface area contributed by atoms with Crippen LogP contribution >= 0.6 is 11.6 Å². The van der Waals surface area contributed by atoms with E-state index in [-0.39, 0.29) is 6.04 Å². The summed E-state index contributed by atoms with van der Waals surface area (Å²) in [4.78, 5) is 3.21. The average molecular weight is 291 g/mol. The lowest BCUT2D eigenvalue weighted by Crippen LogP contribution is -2.45. The molecule has 1 aliphatic rings. The molecule has 1 fully saturated rings. The Kier molecular flexibility index (Phi) is 4.04. The molecule has 1 aromatic rings. The third-order valence-corrected chi connectivity index (χ3v) is 6.03. The number of rotatable bonds is 3. The molecule has 0 spiro atoms. The van der Waals surface area contributed by atoms with Crippen molar-refractivity contribution in [2.75, 3.05) is 6.54 Å². The predicted molar refractivity (Wildman–Crippen MR) is 72.1 cm³/mol. The first-order valence-corrected chi connectivity index (χ1v) is 8.19. The number of H-pyrrole nitrogens is 1. The van der Waals surface area contributed by atoms with Crippen molar-refractivity contribution in [1.29, 1.82) is 0 Å². The van der Waals surface area contributed by atoms with Crippen LogP contribution in [0.15, 0.2) is 17.2 Å². The highest BCUT2D eigenvalue weighted by Crippen LogP contribution is 2.29. The van der Waals surface area contributed by atoms with Gasteiger partial charge < -0.3 is 4.98 Å². The molecule has 1 saturated heterocycles. The van der Waals surface area contributed by atoms with E-state index in [0.717, 1.165) is 18.5 Å². The van der Waals surface area contributed by atoms with E-state index in [1.54, 1.807) is 10.4 Å². The number of aromatic amines is 1. The Hall–Kier alpha value is -0.520. The fraction of sp³-hybridized carbons (Fsp3) is 0.667. The molecule has 0 aromatic carbocycles. The van der Waals surface area contributed by atoms with Crippen LogP contribution in [0.4, 0.5) is 0 Å². The summed E-state index contributed by atoms with van der Waals surface area (Å²) < 4.78 is 26.7. The largest absolute Gasteiger partial charge is 0.363 e. The number of nitrogens with zero attached hydrogens (tertiary/aromatic N) is 1. The highest BCUT2D eigenvalue weighted by atomic mass is 35.5. The van der Waals surface area contributed by atoms with Crippen LogP contribution in [0.25, 0.3) is 0 Å². The lowest BCUT2D eigenvalue weighted by atomic mass is 9.94. The standard InChI is InChI=1S/C12H19ClN2O2S/c1-9-4-3-5-15(10(9)2)18(16,17)12-6-11(7-13)14-8-12/h6,8-10,14H,3-5,7H2,1-2H3. The maximum Gasteiger partial charge on any atom is 0.244 e. The first-order valence-electron chi connectivity index (χ1n) is 6.22. The minimum absolute atomic E-state index is 0.0538. The van der Waals surface area contributed by atoms with Crippen LogP contribution in [0.2, 0.25) is 0 Å². The number of aromatic nitrogens is 1. The Morgan fingerprint density at radius 3 is 2.83 bits per heavy atom. The second-order valence-corrected chi connectivity index (χ2v) is 7.13. The van der Waals surface area contributed by atoms with Gasteiger partial charge in [-0.3, -0.25) is 0 Å². The first-order chi connectivity index (χ1) is 8.46. The third-order valence-electron chi connectivity index (χ3n) is 3.78. The van der Waals surface area contributed by atoms with Gasteiger partial charge in [0.2, 0.25) is 10.0 Å². The van der Waals surface area contributed by atoms with E-state index in [1.165, 1.54) is 6.20 Å². The van der Waals surface area contributed by atoms with E-state index in [4.69, 9.17) is 11.6 Å². The molecule has 2 unspecified atom stereocenters. The number of alkyl halides is 1. The zero-order valence-corrected chi connectivity index (χ0v) is 12.3. The quantitative estimate of drug-likeness (QED) is 0.870. The fourth-order valence-corrected chi connectivity index (χ4v) is 4.36. The average Bonchev–Trinajstić information content (AvgIpc) is 2.81. The van der Waals surface area contributed by atoms with Crippen molar-refractivity contribution in [2.45, 2.75) is 43.5 Å². The first kappa shape index (κ1) is 13.9. The van der Waals surface area contributed by atoms with Crippen LogP contribution in [0.5, 0.6) is 0 Å². The molecule has 4 nitrogen and oxygen atoms in total. The van der Waals surface area contributed by atoms with Gasteiger partial charge in [-0.15, -0.1) is 11.6 Å². The number of halogens is 1. The van der Waals surface area contributed by atoms with Crippen molar-refractivity contribution in [2.24, 2.45) is 5.92 Å². The molecular formula is C12H19ClN2O2S. The second-order valence-electron chi connectivity index (χ2n) is 4.97. The molecule has 0 aliphatic carbocycles. The molecule has 2 atom stereocenters. The van der Waals surface area contributed by atoms with Crippen molar-refractivity contribution in [3.63, 3.8) is 0 Å². The van der Waals surface area contributed by atoms with Gasteiger partial charge in [-0.2, -0.15) is 4.31 Å². The summed E-state index contributed by atoms with van der Waals surface area (Å²) in [5.41, 5.74) is 0.730. The van der Waals surface area contributed by atoms with Gasteiger partial charge in [0.05, 0.1) is 10.8 Å². The summed E-state index contributed by atoms with van der Waals surface area (Å²) in [7, 11) is -3.39. The molecule has 6 heteroatoms.